The second-order valence-electron chi connectivity index (χ2n) is 5.78. The zero-order valence-electron chi connectivity index (χ0n) is 12.5. The van der Waals surface area contributed by atoms with Crippen LogP contribution in [0.25, 0.3) is 0 Å². The van der Waals surface area contributed by atoms with E-state index in [1.54, 1.807) is 11.1 Å². The van der Waals surface area contributed by atoms with Gasteiger partial charge in [-0.2, -0.15) is 0 Å². The van der Waals surface area contributed by atoms with Crippen molar-refractivity contribution in [1.82, 2.24) is 5.32 Å². The van der Waals surface area contributed by atoms with Crippen LogP contribution in [0.5, 0.6) is 0 Å². The third-order valence-corrected chi connectivity index (χ3v) is 4.85. The van der Waals surface area contributed by atoms with Gasteiger partial charge in [-0.05, 0) is 66.6 Å². The highest BCUT2D eigenvalue weighted by molar-refractivity contribution is 9.10. The molecule has 1 N–H and O–H groups in total. The summed E-state index contributed by atoms with van der Waals surface area (Å²) in [6.07, 6.45) is 5.17. The van der Waals surface area contributed by atoms with E-state index in [0.717, 1.165) is 11.0 Å². The smallest absolute Gasteiger partial charge is 0.0576 e. The molecule has 0 heterocycles. The van der Waals surface area contributed by atoms with Crippen molar-refractivity contribution < 1.29 is 0 Å². The van der Waals surface area contributed by atoms with Crippen molar-refractivity contribution in [3.63, 3.8) is 0 Å². The lowest BCUT2D eigenvalue weighted by Crippen LogP contribution is -2.22. The van der Waals surface area contributed by atoms with Gasteiger partial charge in [0.25, 0.3) is 0 Å². The summed E-state index contributed by atoms with van der Waals surface area (Å²) in [4.78, 5) is 0. The Balaban J connectivity index is 1.95. The van der Waals surface area contributed by atoms with Gasteiger partial charge in [0, 0.05) is 4.47 Å². The fourth-order valence-electron chi connectivity index (χ4n) is 3.22. The molecule has 0 spiro atoms. The Morgan fingerprint density at radius 3 is 2.33 bits per heavy atom. The fraction of sp³-hybridized carbons (Fsp3) is 0.368. The summed E-state index contributed by atoms with van der Waals surface area (Å²) >= 11 is 3.52. The molecule has 21 heavy (non-hydrogen) atoms. The van der Waals surface area contributed by atoms with Gasteiger partial charge in [-0.1, -0.05) is 53.2 Å². The number of benzene rings is 2. The summed E-state index contributed by atoms with van der Waals surface area (Å²) in [5.41, 5.74) is 5.82. The van der Waals surface area contributed by atoms with Gasteiger partial charge >= 0.3 is 0 Å². The average molecular weight is 344 g/mol. The minimum absolute atomic E-state index is 0.287. The van der Waals surface area contributed by atoms with E-state index in [4.69, 9.17) is 0 Å². The van der Waals surface area contributed by atoms with Crippen molar-refractivity contribution in [2.75, 3.05) is 6.54 Å². The maximum atomic E-state index is 3.63. The Hall–Kier alpha value is -1.12. The van der Waals surface area contributed by atoms with Crippen molar-refractivity contribution >= 4 is 15.9 Å². The number of nitrogens with one attached hydrogen (secondary N) is 1. The number of rotatable bonds is 4. The molecule has 1 atom stereocenters. The summed E-state index contributed by atoms with van der Waals surface area (Å²) in [6, 6.07) is 16.0. The van der Waals surface area contributed by atoms with Crippen molar-refractivity contribution in [3.05, 3.63) is 69.2 Å². The first-order valence-corrected chi connectivity index (χ1v) is 8.68. The van der Waals surface area contributed by atoms with Crippen LogP contribution in [-0.4, -0.2) is 6.54 Å². The Morgan fingerprint density at radius 2 is 1.62 bits per heavy atom. The number of hydrogen-bond donors (Lipinski definition) is 1. The normalized spacial score (nSPS) is 15.5. The van der Waals surface area contributed by atoms with Gasteiger partial charge in [-0.15, -0.1) is 0 Å². The lowest BCUT2D eigenvalue weighted by Gasteiger charge is -2.22. The third-order valence-electron chi connectivity index (χ3n) is 4.32. The van der Waals surface area contributed by atoms with E-state index in [1.807, 2.05) is 0 Å². The summed E-state index contributed by atoms with van der Waals surface area (Å²) in [6.45, 7) is 3.14. The quantitative estimate of drug-likeness (QED) is 0.821. The van der Waals surface area contributed by atoms with Gasteiger partial charge in [0.2, 0.25) is 0 Å². The zero-order chi connectivity index (χ0) is 14.7. The largest absolute Gasteiger partial charge is 0.307 e. The van der Waals surface area contributed by atoms with Crippen molar-refractivity contribution in [3.8, 4) is 0 Å². The van der Waals surface area contributed by atoms with Gasteiger partial charge in [0.15, 0.2) is 0 Å². The predicted molar refractivity (Wildman–Crippen MR) is 92.7 cm³/mol. The van der Waals surface area contributed by atoms with Crippen LogP contribution in [0.15, 0.2) is 46.9 Å². The molecule has 110 valence electrons. The minimum atomic E-state index is 0.287. The van der Waals surface area contributed by atoms with Crippen LogP contribution in [-0.2, 0) is 12.8 Å². The van der Waals surface area contributed by atoms with Crippen LogP contribution in [0.1, 0.15) is 48.1 Å². The molecule has 2 aromatic rings. The van der Waals surface area contributed by atoms with E-state index in [0.29, 0.717) is 0 Å². The van der Waals surface area contributed by atoms with Crippen LogP contribution in [0, 0.1) is 0 Å². The Morgan fingerprint density at radius 1 is 0.952 bits per heavy atom. The molecule has 0 amide bonds. The first-order valence-electron chi connectivity index (χ1n) is 7.88. The molecule has 0 radical (unpaired) electrons. The second-order valence-corrected chi connectivity index (χ2v) is 6.69. The molecule has 2 aromatic carbocycles. The van der Waals surface area contributed by atoms with E-state index in [-0.39, 0.29) is 6.04 Å². The Labute approximate surface area is 135 Å². The molecule has 0 aromatic heterocycles. The molecule has 0 bridgehead atoms. The van der Waals surface area contributed by atoms with Crippen LogP contribution >= 0.6 is 15.9 Å². The molecule has 1 aliphatic rings. The maximum absolute atomic E-state index is 3.63. The number of hydrogen-bond acceptors (Lipinski definition) is 1. The summed E-state index contributed by atoms with van der Waals surface area (Å²) in [7, 11) is 0. The topological polar surface area (TPSA) is 12.0 Å². The number of halogens is 1. The summed E-state index contributed by atoms with van der Waals surface area (Å²) in [5, 5.41) is 3.63. The lowest BCUT2D eigenvalue weighted by atomic mass is 9.88. The molecule has 1 nitrogen and oxygen atoms in total. The summed E-state index contributed by atoms with van der Waals surface area (Å²) < 4.78 is 1.13. The van der Waals surface area contributed by atoms with E-state index in [1.165, 1.54) is 36.8 Å². The SMILES string of the molecule is CCNC(c1ccc(Br)cc1)c1ccc2c(c1)CCCC2. The van der Waals surface area contributed by atoms with Crippen LogP contribution in [0.2, 0.25) is 0 Å². The summed E-state index contributed by atoms with van der Waals surface area (Å²) in [5.74, 6) is 0. The van der Waals surface area contributed by atoms with E-state index < -0.39 is 0 Å². The molecule has 0 saturated carbocycles. The van der Waals surface area contributed by atoms with Gasteiger partial charge in [-0.25, -0.2) is 0 Å². The number of aryl methyl sites for hydroxylation is 2. The second kappa shape index (κ2) is 6.76. The standard InChI is InChI=1S/C19H22BrN/c1-2-21-19(15-9-11-18(20)12-10-15)17-8-7-14-5-3-4-6-16(14)13-17/h7-13,19,21H,2-6H2,1H3. The van der Waals surface area contributed by atoms with E-state index >= 15 is 0 Å². The van der Waals surface area contributed by atoms with Crippen molar-refractivity contribution in [2.24, 2.45) is 0 Å². The molecule has 2 heteroatoms. The molecule has 0 aliphatic heterocycles. The molecule has 0 fully saturated rings. The van der Waals surface area contributed by atoms with E-state index in [9.17, 15) is 0 Å². The van der Waals surface area contributed by atoms with Gasteiger partial charge < -0.3 is 5.32 Å². The highest BCUT2D eigenvalue weighted by atomic mass is 79.9. The van der Waals surface area contributed by atoms with Gasteiger partial charge in [-0.3, -0.25) is 0 Å². The zero-order valence-corrected chi connectivity index (χ0v) is 14.1. The molecule has 0 saturated heterocycles. The van der Waals surface area contributed by atoms with Crippen molar-refractivity contribution in [1.29, 1.82) is 0 Å². The Bertz CT molecular complexity index is 603. The van der Waals surface area contributed by atoms with Crippen LogP contribution < -0.4 is 5.32 Å². The van der Waals surface area contributed by atoms with Gasteiger partial charge in [0.1, 0.15) is 0 Å². The van der Waals surface area contributed by atoms with Crippen molar-refractivity contribution in [2.45, 2.75) is 38.6 Å². The third kappa shape index (κ3) is 3.38. The molecular formula is C19H22BrN. The van der Waals surface area contributed by atoms with Crippen LogP contribution in [0.4, 0.5) is 0 Å². The van der Waals surface area contributed by atoms with E-state index in [2.05, 4.69) is 70.6 Å². The van der Waals surface area contributed by atoms with Crippen LogP contribution in [0.3, 0.4) is 0 Å². The molecular weight excluding hydrogens is 322 g/mol. The first kappa shape index (κ1) is 14.8. The highest BCUT2D eigenvalue weighted by Crippen LogP contribution is 2.28. The lowest BCUT2D eigenvalue weighted by molar-refractivity contribution is 0.625. The van der Waals surface area contributed by atoms with Gasteiger partial charge in [0.05, 0.1) is 6.04 Å². The maximum Gasteiger partial charge on any atom is 0.0576 e. The minimum Gasteiger partial charge on any atom is -0.307 e. The average Bonchev–Trinajstić information content (AvgIpc) is 2.53. The number of fused-ring (bicyclic) bond motifs is 1. The monoisotopic (exact) mass is 343 g/mol. The molecule has 1 unspecified atom stereocenters. The highest BCUT2D eigenvalue weighted by Gasteiger charge is 2.16. The first-order chi connectivity index (χ1) is 10.3. The Kier molecular flexibility index (Phi) is 4.77. The predicted octanol–water partition coefficient (Wildman–Crippen LogP) is 5.03. The molecule has 3 rings (SSSR count). The molecule has 1 aliphatic carbocycles. The fourth-order valence-corrected chi connectivity index (χ4v) is 3.48.